The van der Waals surface area contributed by atoms with Gasteiger partial charge in [-0.1, -0.05) is 0 Å². The molecule has 1 aliphatic rings. The number of hydrogen-bond acceptors (Lipinski definition) is 6. The fraction of sp³-hybridized carbons (Fsp3) is 1.00. The summed E-state index contributed by atoms with van der Waals surface area (Å²) in [5.41, 5.74) is 0. The van der Waals surface area contributed by atoms with E-state index in [9.17, 15) is 10.2 Å². The highest BCUT2D eigenvalue weighted by Crippen LogP contribution is 2.22. The Morgan fingerprint density at radius 2 is 2.08 bits per heavy atom. The maximum Gasteiger partial charge on any atom is 0.218 e. The first-order valence-electron chi connectivity index (χ1n) is 4.33. The third kappa shape index (κ3) is 1.45. The van der Waals surface area contributed by atoms with E-state index in [4.69, 9.17) is 18.1 Å². The normalized spacial score (nSPS) is 52.9. The van der Waals surface area contributed by atoms with Crippen molar-refractivity contribution in [2.75, 3.05) is 13.2 Å². The molecule has 1 saturated heterocycles. The van der Waals surface area contributed by atoms with Crippen LogP contribution in [0.1, 0.15) is 2.74 Å². The van der Waals surface area contributed by atoms with Crippen molar-refractivity contribution >= 4 is 0 Å². The van der Waals surface area contributed by atoms with Crippen molar-refractivity contribution in [3.05, 3.63) is 0 Å². The van der Waals surface area contributed by atoms with Gasteiger partial charge in [-0.05, 0) is 0 Å². The first kappa shape index (κ1) is 7.19. The summed E-state index contributed by atoms with van der Waals surface area (Å²) in [5.74, 6) is -2.94. The number of aliphatic hydroxyl groups is 5. The molecule has 1 aliphatic heterocycles. The molecule has 0 saturated carbocycles. The highest BCUT2D eigenvalue weighted by atomic mass is 16.7. The van der Waals surface area contributed by atoms with E-state index in [1.165, 1.54) is 0 Å². The number of rotatable bonds is 1. The highest BCUT2D eigenvalue weighted by molar-refractivity contribution is 4.90. The highest BCUT2D eigenvalue weighted by Gasteiger charge is 2.47. The summed E-state index contributed by atoms with van der Waals surface area (Å²) >= 11 is 0. The van der Waals surface area contributed by atoms with Crippen LogP contribution in [0.2, 0.25) is 0 Å². The zero-order chi connectivity index (χ0) is 11.1. The molecule has 4 atom stereocenters. The van der Waals surface area contributed by atoms with Crippen LogP contribution in [0.5, 0.6) is 0 Å². The summed E-state index contributed by atoms with van der Waals surface area (Å²) in [6, 6.07) is 0. The molecular formula is C6H12O6. The van der Waals surface area contributed by atoms with Crippen molar-refractivity contribution in [3.63, 3.8) is 0 Å². The molecule has 5 N–H and O–H groups in total. The van der Waals surface area contributed by atoms with Crippen LogP contribution in [0.3, 0.4) is 0 Å². The minimum absolute atomic E-state index is 0.588. The molecule has 0 aromatic carbocycles. The Labute approximate surface area is 71.5 Å². The maximum absolute atomic E-state index is 9.40. The van der Waals surface area contributed by atoms with Crippen LogP contribution in [0.15, 0.2) is 0 Å². The topological polar surface area (TPSA) is 110 Å². The first-order valence-corrected chi connectivity index (χ1v) is 3.33. The first-order chi connectivity index (χ1) is 6.20. The lowest BCUT2D eigenvalue weighted by Crippen LogP contribution is -2.62. The molecule has 6 nitrogen and oxygen atoms in total. The zero-order valence-corrected chi connectivity index (χ0v) is 6.08. The third-order valence-electron chi connectivity index (χ3n) is 1.75. The van der Waals surface area contributed by atoms with Gasteiger partial charge >= 0.3 is 0 Å². The lowest BCUT2D eigenvalue weighted by molar-refractivity contribution is -0.331. The van der Waals surface area contributed by atoms with Crippen molar-refractivity contribution in [1.29, 1.82) is 0 Å². The Bertz CT molecular complexity index is 219. The van der Waals surface area contributed by atoms with E-state index in [2.05, 4.69) is 4.74 Å². The largest absolute Gasteiger partial charge is 0.391 e. The summed E-state index contributed by atoms with van der Waals surface area (Å²) in [6.07, 6.45) is -5.35. The smallest absolute Gasteiger partial charge is 0.218 e. The second kappa shape index (κ2) is 3.25. The summed E-state index contributed by atoms with van der Waals surface area (Å²) in [7, 11) is 0. The van der Waals surface area contributed by atoms with E-state index in [0.717, 1.165) is 0 Å². The van der Waals surface area contributed by atoms with E-state index in [0.29, 0.717) is 0 Å². The average molecular weight is 182 g/mol. The van der Waals surface area contributed by atoms with Crippen LogP contribution in [-0.4, -0.2) is 62.8 Å². The van der Waals surface area contributed by atoms with Gasteiger partial charge in [-0.2, -0.15) is 0 Å². The molecule has 0 spiro atoms. The molecule has 1 fully saturated rings. The standard InChI is InChI=1S/C6H12O6/c7-2-6(11)5(10)4(9)3(8)1-12-6/h3-5,7-11H,1-2H2/t3-,4-,5+,6?/m1/s1/i2D2. The van der Waals surface area contributed by atoms with Crippen LogP contribution in [-0.2, 0) is 4.74 Å². The maximum atomic E-state index is 9.40. The van der Waals surface area contributed by atoms with E-state index in [1.807, 2.05) is 0 Å². The minimum Gasteiger partial charge on any atom is -0.391 e. The van der Waals surface area contributed by atoms with E-state index in [1.54, 1.807) is 0 Å². The predicted octanol–water partition coefficient (Wildman–Crippen LogP) is -3.22. The second-order valence-corrected chi connectivity index (χ2v) is 2.62. The van der Waals surface area contributed by atoms with Gasteiger partial charge in [0.15, 0.2) is 0 Å². The molecule has 72 valence electrons. The van der Waals surface area contributed by atoms with Crippen molar-refractivity contribution in [3.8, 4) is 0 Å². The molecule has 1 rings (SSSR count). The zero-order valence-electron chi connectivity index (χ0n) is 8.08. The summed E-state index contributed by atoms with van der Waals surface area (Å²) in [6.45, 7) is -3.83. The molecule has 0 aromatic heterocycles. The van der Waals surface area contributed by atoms with Gasteiger partial charge in [0, 0.05) is 0 Å². The Morgan fingerprint density at radius 1 is 1.50 bits per heavy atom. The van der Waals surface area contributed by atoms with Crippen molar-refractivity contribution in [2.45, 2.75) is 24.1 Å². The lowest BCUT2D eigenvalue weighted by atomic mass is 9.98. The van der Waals surface area contributed by atoms with Crippen LogP contribution in [0, 0.1) is 0 Å². The van der Waals surface area contributed by atoms with Gasteiger partial charge < -0.3 is 30.3 Å². The van der Waals surface area contributed by atoms with Gasteiger partial charge in [0.25, 0.3) is 0 Å². The Balaban J connectivity index is 2.91. The van der Waals surface area contributed by atoms with Gasteiger partial charge in [-0.25, -0.2) is 0 Å². The summed E-state index contributed by atoms with van der Waals surface area (Å²) < 4.78 is 18.0. The molecule has 0 bridgehead atoms. The van der Waals surface area contributed by atoms with Gasteiger partial charge in [-0.15, -0.1) is 0 Å². The van der Waals surface area contributed by atoms with Crippen LogP contribution < -0.4 is 0 Å². The molecule has 0 amide bonds. The summed E-state index contributed by atoms with van der Waals surface area (Å²) in [4.78, 5) is 0. The molecule has 12 heavy (non-hydrogen) atoms. The van der Waals surface area contributed by atoms with Crippen LogP contribution in [0.25, 0.3) is 0 Å². The number of aliphatic hydroxyl groups excluding tert-OH is 3. The Hall–Kier alpha value is -0.240. The van der Waals surface area contributed by atoms with E-state index >= 15 is 0 Å². The number of ether oxygens (including phenoxy) is 1. The van der Waals surface area contributed by atoms with E-state index in [-0.39, 0.29) is 0 Å². The molecule has 0 aliphatic carbocycles. The van der Waals surface area contributed by atoms with Crippen molar-refractivity contribution in [2.24, 2.45) is 0 Å². The van der Waals surface area contributed by atoms with Gasteiger partial charge in [0.1, 0.15) is 18.3 Å². The number of hydrogen-bond donors (Lipinski definition) is 5. The van der Waals surface area contributed by atoms with Gasteiger partial charge in [-0.3, -0.25) is 0 Å². The fourth-order valence-corrected chi connectivity index (χ4v) is 0.937. The van der Waals surface area contributed by atoms with E-state index < -0.39 is 37.3 Å². The quantitative estimate of drug-likeness (QED) is 0.292. The molecule has 1 heterocycles. The van der Waals surface area contributed by atoms with Crippen molar-refractivity contribution < 1.29 is 33.0 Å². The fourth-order valence-electron chi connectivity index (χ4n) is 0.937. The van der Waals surface area contributed by atoms with Gasteiger partial charge in [0.2, 0.25) is 5.79 Å². The van der Waals surface area contributed by atoms with Crippen molar-refractivity contribution in [1.82, 2.24) is 0 Å². The average Bonchev–Trinajstić information content (AvgIpc) is 2.06. The second-order valence-electron chi connectivity index (χ2n) is 2.62. The monoisotopic (exact) mass is 182 g/mol. The SMILES string of the molecule is [2H]C([2H])(O)C1(O)OC[C@@H](O)[C@@H](O)[C@@H]1O. The predicted molar refractivity (Wildman–Crippen MR) is 36.0 cm³/mol. The molecule has 0 aromatic rings. The summed E-state index contributed by atoms with van der Waals surface area (Å²) in [5, 5.41) is 45.6. The lowest BCUT2D eigenvalue weighted by Gasteiger charge is -2.40. The third-order valence-corrected chi connectivity index (χ3v) is 1.75. The molecule has 1 unspecified atom stereocenters. The molecular weight excluding hydrogens is 168 g/mol. The molecule has 6 heteroatoms. The minimum atomic E-state index is -3.24. The Kier molecular flexibility index (Phi) is 1.95. The Morgan fingerprint density at radius 3 is 2.58 bits per heavy atom. The molecule has 0 radical (unpaired) electrons. The van der Waals surface area contributed by atoms with Crippen LogP contribution >= 0.6 is 0 Å². The van der Waals surface area contributed by atoms with Crippen LogP contribution in [0.4, 0.5) is 0 Å². The van der Waals surface area contributed by atoms with Gasteiger partial charge in [0.05, 0.1) is 15.9 Å².